The molecule has 0 amide bonds. The van der Waals surface area contributed by atoms with Crippen molar-refractivity contribution in [2.45, 2.75) is 119 Å². The van der Waals surface area contributed by atoms with Gasteiger partial charge in [-0.1, -0.05) is 74.4 Å². The van der Waals surface area contributed by atoms with Crippen molar-refractivity contribution >= 4 is 8.32 Å². The lowest BCUT2D eigenvalue weighted by Gasteiger charge is -2.40. The molecule has 0 saturated carbocycles. The monoisotopic (exact) mass is 468 g/mol. The van der Waals surface area contributed by atoms with E-state index in [1.54, 1.807) is 0 Å². The summed E-state index contributed by atoms with van der Waals surface area (Å²) in [5.41, 5.74) is 8.66. The first-order valence-electron chi connectivity index (χ1n) is 12.3. The zero-order valence-electron chi connectivity index (χ0n) is 24.0. The Morgan fingerprint density at radius 3 is 1.45 bits per heavy atom. The second-order valence-electron chi connectivity index (χ2n) is 13.5. The van der Waals surface area contributed by atoms with Gasteiger partial charge in [0.15, 0.2) is 0 Å². The summed E-state index contributed by atoms with van der Waals surface area (Å²) in [6, 6.07) is 4.45. The molecule has 0 aliphatic carbocycles. The second-order valence-corrected chi connectivity index (χ2v) is 18.2. The normalized spacial score (nSPS) is 13.4. The lowest BCUT2D eigenvalue weighted by atomic mass is 9.78. The van der Waals surface area contributed by atoms with Crippen LogP contribution in [0.2, 0.25) is 18.1 Å². The zero-order chi connectivity index (χ0) is 25.9. The second kappa shape index (κ2) is 8.48. The van der Waals surface area contributed by atoms with E-state index in [0.717, 1.165) is 28.0 Å². The van der Waals surface area contributed by atoms with Crippen LogP contribution in [-0.4, -0.2) is 13.4 Å². The van der Waals surface area contributed by atoms with Crippen molar-refractivity contribution < 1.29 is 9.53 Å². The quantitative estimate of drug-likeness (QED) is 0.455. The molecule has 2 nitrogen and oxygen atoms in total. The summed E-state index contributed by atoms with van der Waals surface area (Å²) >= 11 is 0. The molecule has 2 aromatic carbocycles. The molecule has 0 aliphatic heterocycles. The van der Waals surface area contributed by atoms with Crippen molar-refractivity contribution in [3.8, 4) is 22.6 Å². The van der Waals surface area contributed by atoms with Crippen LogP contribution in [0.1, 0.15) is 95.7 Å². The first-order valence-corrected chi connectivity index (χ1v) is 15.2. The third-order valence-corrected chi connectivity index (χ3v) is 12.0. The fourth-order valence-corrected chi connectivity index (χ4v) is 5.07. The summed E-state index contributed by atoms with van der Waals surface area (Å²) in [5.74, 6) is 1.35. The minimum Gasteiger partial charge on any atom is -0.543 e. The summed E-state index contributed by atoms with van der Waals surface area (Å²) in [7, 11) is -2.14. The molecule has 0 saturated heterocycles. The van der Waals surface area contributed by atoms with Crippen molar-refractivity contribution in [3.63, 3.8) is 0 Å². The van der Waals surface area contributed by atoms with Crippen molar-refractivity contribution in [3.05, 3.63) is 45.5 Å². The van der Waals surface area contributed by atoms with Crippen LogP contribution in [0, 0.1) is 27.7 Å². The Morgan fingerprint density at radius 2 is 1.06 bits per heavy atom. The molecular formula is C30H48O2Si. The maximum atomic E-state index is 11.7. The lowest BCUT2D eigenvalue weighted by molar-refractivity contribution is 0.446. The van der Waals surface area contributed by atoms with E-state index >= 15 is 0 Å². The summed E-state index contributed by atoms with van der Waals surface area (Å²) in [5, 5.41) is 11.8. The topological polar surface area (TPSA) is 29.5 Å². The summed E-state index contributed by atoms with van der Waals surface area (Å²) in [4.78, 5) is 0. The van der Waals surface area contributed by atoms with Gasteiger partial charge in [-0.05, 0) is 84.5 Å². The minimum atomic E-state index is -2.14. The minimum absolute atomic E-state index is 0.0679. The van der Waals surface area contributed by atoms with Crippen molar-refractivity contribution in [2.24, 2.45) is 0 Å². The van der Waals surface area contributed by atoms with Gasteiger partial charge in [-0.15, -0.1) is 0 Å². The van der Waals surface area contributed by atoms with Crippen molar-refractivity contribution in [2.75, 3.05) is 0 Å². The average molecular weight is 469 g/mol. The highest BCUT2D eigenvalue weighted by atomic mass is 28.4. The van der Waals surface area contributed by atoms with E-state index in [4.69, 9.17) is 4.43 Å². The molecule has 1 N–H and O–H groups in total. The van der Waals surface area contributed by atoms with Gasteiger partial charge in [-0.3, -0.25) is 0 Å². The van der Waals surface area contributed by atoms with E-state index in [1.165, 1.54) is 22.3 Å². The van der Waals surface area contributed by atoms with Crippen LogP contribution < -0.4 is 4.43 Å². The molecule has 33 heavy (non-hydrogen) atoms. The smallest absolute Gasteiger partial charge is 0.250 e. The molecule has 0 heterocycles. The van der Waals surface area contributed by atoms with Crippen LogP contribution in [0.15, 0.2) is 12.1 Å². The van der Waals surface area contributed by atoms with Crippen molar-refractivity contribution in [1.82, 2.24) is 0 Å². The van der Waals surface area contributed by atoms with Gasteiger partial charge in [-0.25, -0.2) is 0 Å². The number of phenolic OH excluding ortho intramolecular Hbond substituents is 1. The number of aryl methyl sites for hydroxylation is 2. The molecule has 0 aromatic heterocycles. The fraction of sp³-hybridized carbons (Fsp3) is 0.600. The zero-order valence-corrected chi connectivity index (χ0v) is 25.0. The highest BCUT2D eigenvalue weighted by Gasteiger charge is 2.41. The van der Waals surface area contributed by atoms with Crippen LogP contribution in [0.5, 0.6) is 11.5 Å². The predicted octanol–water partition coefficient (Wildman–Crippen LogP) is 9.27. The number of aromatic hydroxyl groups is 1. The van der Waals surface area contributed by atoms with Gasteiger partial charge in [-0.2, -0.15) is 0 Å². The van der Waals surface area contributed by atoms with Crippen LogP contribution in [0.3, 0.4) is 0 Å². The molecule has 0 atom stereocenters. The van der Waals surface area contributed by atoms with Crippen LogP contribution in [-0.2, 0) is 10.8 Å². The predicted molar refractivity (Wildman–Crippen MR) is 148 cm³/mol. The van der Waals surface area contributed by atoms with Gasteiger partial charge in [0.25, 0.3) is 8.32 Å². The number of hydrogen-bond acceptors (Lipinski definition) is 2. The molecule has 0 bridgehead atoms. The van der Waals surface area contributed by atoms with E-state index in [9.17, 15) is 5.11 Å². The maximum absolute atomic E-state index is 11.7. The third kappa shape index (κ3) is 5.19. The highest BCUT2D eigenvalue weighted by Crippen LogP contribution is 2.51. The van der Waals surface area contributed by atoms with Gasteiger partial charge in [0, 0.05) is 16.7 Å². The Hall–Kier alpha value is -1.74. The van der Waals surface area contributed by atoms with Gasteiger partial charge in [0.2, 0.25) is 0 Å². The largest absolute Gasteiger partial charge is 0.543 e. The Morgan fingerprint density at radius 1 is 0.667 bits per heavy atom. The fourth-order valence-electron chi connectivity index (χ4n) is 4.05. The maximum Gasteiger partial charge on any atom is 0.250 e. The number of hydrogen-bond donors (Lipinski definition) is 1. The molecule has 0 unspecified atom stereocenters. The molecule has 184 valence electrons. The molecule has 0 aliphatic rings. The third-order valence-electron chi connectivity index (χ3n) is 7.65. The standard InChI is InChI=1S/C30H48O2Si/c1-18-16-22(28(5,6)7)26(31)24(20(18)3)25-21(4)19(2)17-23(29(8,9)10)27(25)32-33(14,15)30(11,12)13/h16-17,31H,1-15H3. The van der Waals surface area contributed by atoms with Gasteiger partial charge in [0.05, 0.1) is 0 Å². The average Bonchev–Trinajstić information content (AvgIpc) is 2.60. The summed E-state index contributed by atoms with van der Waals surface area (Å²) in [6.07, 6.45) is 0. The molecular weight excluding hydrogens is 420 g/mol. The summed E-state index contributed by atoms with van der Waals surface area (Å²) in [6.45, 7) is 33.3. The SMILES string of the molecule is Cc1cc(C(C)(C)C)c(O)c(-c2c(C)c(C)cc(C(C)(C)C)c2O[Si](C)(C)C(C)(C)C)c1C. The molecule has 0 radical (unpaired) electrons. The first kappa shape index (κ1) is 27.5. The number of rotatable bonds is 3. The van der Waals surface area contributed by atoms with Gasteiger partial charge in [0.1, 0.15) is 11.5 Å². The first-order chi connectivity index (χ1) is 14.6. The van der Waals surface area contributed by atoms with E-state index in [2.05, 4.69) is 115 Å². The summed E-state index contributed by atoms with van der Waals surface area (Å²) < 4.78 is 7.15. The molecule has 0 spiro atoms. The van der Waals surface area contributed by atoms with E-state index in [0.29, 0.717) is 5.75 Å². The molecule has 0 fully saturated rings. The Kier molecular flexibility index (Phi) is 7.07. The van der Waals surface area contributed by atoms with E-state index in [-0.39, 0.29) is 15.9 Å². The molecule has 2 aromatic rings. The van der Waals surface area contributed by atoms with Gasteiger partial charge < -0.3 is 9.53 Å². The number of benzene rings is 2. The van der Waals surface area contributed by atoms with E-state index in [1.807, 2.05) is 0 Å². The molecule has 2 rings (SSSR count). The van der Waals surface area contributed by atoms with Gasteiger partial charge >= 0.3 is 0 Å². The van der Waals surface area contributed by atoms with Crippen molar-refractivity contribution in [1.29, 1.82) is 0 Å². The van der Waals surface area contributed by atoms with E-state index < -0.39 is 8.32 Å². The van der Waals surface area contributed by atoms with Crippen LogP contribution in [0.4, 0.5) is 0 Å². The van der Waals surface area contributed by atoms with Crippen LogP contribution >= 0.6 is 0 Å². The lowest BCUT2D eigenvalue weighted by Crippen LogP contribution is -2.44. The Labute approximate surface area is 204 Å². The highest BCUT2D eigenvalue weighted by molar-refractivity contribution is 6.74. The molecule has 3 heteroatoms. The Balaban J connectivity index is 3.14. The number of phenols is 1. The van der Waals surface area contributed by atoms with Crippen LogP contribution in [0.25, 0.3) is 11.1 Å². The Bertz CT molecular complexity index is 1060.